The molecular formula is C15H26O3. The monoisotopic (exact) mass is 254 g/mol. The molecular weight excluding hydrogens is 228 g/mol. The summed E-state index contributed by atoms with van der Waals surface area (Å²) in [6, 6.07) is 0. The zero-order valence-corrected chi connectivity index (χ0v) is 11.6. The third-order valence-electron chi connectivity index (χ3n) is 4.32. The van der Waals surface area contributed by atoms with E-state index in [-0.39, 0.29) is 11.4 Å². The zero-order valence-electron chi connectivity index (χ0n) is 11.6. The minimum absolute atomic E-state index is 0.0171. The Kier molecular flexibility index (Phi) is 5.04. The van der Waals surface area contributed by atoms with Crippen LogP contribution in [0, 0.1) is 11.3 Å². The highest BCUT2D eigenvalue weighted by atomic mass is 16.5. The predicted molar refractivity (Wildman–Crippen MR) is 70.3 cm³/mol. The molecule has 1 aliphatic heterocycles. The molecule has 3 heteroatoms. The Morgan fingerprint density at radius 3 is 2.72 bits per heavy atom. The number of hydrogen-bond acceptors (Lipinski definition) is 3. The summed E-state index contributed by atoms with van der Waals surface area (Å²) >= 11 is 0. The molecule has 2 unspecified atom stereocenters. The fourth-order valence-electron chi connectivity index (χ4n) is 2.92. The summed E-state index contributed by atoms with van der Waals surface area (Å²) in [5.41, 5.74) is 0.179. The summed E-state index contributed by atoms with van der Waals surface area (Å²) in [4.78, 5) is 11.7. The van der Waals surface area contributed by atoms with Gasteiger partial charge in [0.1, 0.15) is 0 Å². The number of fused-ring (bicyclic) bond motifs is 1. The van der Waals surface area contributed by atoms with Crippen LogP contribution in [0.5, 0.6) is 0 Å². The third-order valence-corrected chi connectivity index (χ3v) is 4.32. The van der Waals surface area contributed by atoms with E-state index < -0.39 is 0 Å². The molecule has 2 aliphatic rings. The van der Waals surface area contributed by atoms with Gasteiger partial charge in [0.25, 0.3) is 0 Å². The second kappa shape index (κ2) is 6.55. The molecule has 2 fully saturated rings. The second-order valence-corrected chi connectivity index (χ2v) is 5.94. The molecule has 0 aromatic heterocycles. The Balaban J connectivity index is 1.46. The van der Waals surface area contributed by atoms with Crippen molar-refractivity contribution in [2.75, 3.05) is 19.8 Å². The molecule has 0 N–H and O–H groups in total. The SMILES string of the molecule is CCCCCCCCOC(=O)CC12COCC1C2. The number of unbranched alkanes of at least 4 members (excludes halogenated alkanes) is 5. The molecule has 1 saturated heterocycles. The minimum atomic E-state index is -0.0171. The maximum absolute atomic E-state index is 11.7. The molecule has 0 bridgehead atoms. The first-order chi connectivity index (χ1) is 8.77. The van der Waals surface area contributed by atoms with E-state index in [0.29, 0.717) is 18.9 Å². The molecule has 1 saturated carbocycles. The Morgan fingerprint density at radius 1 is 1.28 bits per heavy atom. The van der Waals surface area contributed by atoms with Gasteiger partial charge in [0.2, 0.25) is 0 Å². The van der Waals surface area contributed by atoms with Crippen LogP contribution >= 0.6 is 0 Å². The number of esters is 1. The predicted octanol–water partition coefficient (Wildman–Crippen LogP) is 3.32. The van der Waals surface area contributed by atoms with Gasteiger partial charge >= 0.3 is 5.97 Å². The molecule has 104 valence electrons. The fourth-order valence-corrected chi connectivity index (χ4v) is 2.92. The highest BCUT2D eigenvalue weighted by molar-refractivity contribution is 5.71. The minimum Gasteiger partial charge on any atom is -0.466 e. The number of ether oxygens (including phenoxy) is 2. The Hall–Kier alpha value is -0.570. The normalized spacial score (nSPS) is 29.1. The van der Waals surface area contributed by atoms with Crippen molar-refractivity contribution in [2.24, 2.45) is 11.3 Å². The molecule has 18 heavy (non-hydrogen) atoms. The van der Waals surface area contributed by atoms with E-state index in [1.807, 2.05) is 0 Å². The molecule has 1 heterocycles. The van der Waals surface area contributed by atoms with Gasteiger partial charge in [-0.15, -0.1) is 0 Å². The van der Waals surface area contributed by atoms with Crippen LogP contribution in [0.25, 0.3) is 0 Å². The lowest BCUT2D eigenvalue weighted by molar-refractivity contribution is -0.145. The van der Waals surface area contributed by atoms with E-state index >= 15 is 0 Å². The van der Waals surface area contributed by atoms with Crippen molar-refractivity contribution in [2.45, 2.75) is 58.3 Å². The molecule has 2 atom stereocenters. The molecule has 0 aromatic carbocycles. The van der Waals surface area contributed by atoms with Gasteiger partial charge < -0.3 is 9.47 Å². The number of hydrogen-bond donors (Lipinski definition) is 0. The van der Waals surface area contributed by atoms with Crippen molar-refractivity contribution >= 4 is 5.97 Å². The molecule has 0 aromatic rings. The molecule has 3 nitrogen and oxygen atoms in total. The quantitative estimate of drug-likeness (QED) is 0.468. The van der Waals surface area contributed by atoms with Crippen LogP contribution in [0.1, 0.15) is 58.3 Å². The van der Waals surface area contributed by atoms with E-state index in [2.05, 4.69) is 6.92 Å². The van der Waals surface area contributed by atoms with Gasteiger partial charge in [-0.3, -0.25) is 4.79 Å². The van der Waals surface area contributed by atoms with Crippen LogP contribution < -0.4 is 0 Å². The Labute approximate surface area is 110 Å². The van der Waals surface area contributed by atoms with Gasteiger partial charge in [-0.25, -0.2) is 0 Å². The van der Waals surface area contributed by atoms with Gasteiger partial charge in [-0.1, -0.05) is 39.0 Å². The standard InChI is InChI=1S/C15H26O3/c1-2-3-4-5-6-7-8-18-14(16)10-15-9-13(15)11-17-12-15/h13H,2-12H2,1H3. The smallest absolute Gasteiger partial charge is 0.306 e. The Bertz CT molecular complexity index is 277. The molecule has 0 amide bonds. The highest BCUT2D eigenvalue weighted by Gasteiger charge is 2.59. The van der Waals surface area contributed by atoms with Crippen LogP contribution in [0.4, 0.5) is 0 Å². The van der Waals surface area contributed by atoms with E-state index in [1.165, 1.54) is 38.5 Å². The summed E-state index contributed by atoms with van der Waals surface area (Å²) in [7, 11) is 0. The average molecular weight is 254 g/mol. The third kappa shape index (κ3) is 3.71. The first-order valence-corrected chi connectivity index (χ1v) is 7.50. The number of rotatable bonds is 9. The molecule has 2 rings (SSSR count). The molecule has 0 radical (unpaired) electrons. The summed E-state index contributed by atoms with van der Waals surface area (Å²) in [5.74, 6) is 0.621. The second-order valence-electron chi connectivity index (χ2n) is 5.94. The van der Waals surface area contributed by atoms with Crippen LogP contribution in [0.15, 0.2) is 0 Å². The zero-order chi connectivity index (χ0) is 12.8. The molecule has 1 aliphatic carbocycles. The van der Waals surface area contributed by atoms with Crippen LogP contribution in [0.3, 0.4) is 0 Å². The summed E-state index contributed by atoms with van der Waals surface area (Å²) in [5, 5.41) is 0. The largest absolute Gasteiger partial charge is 0.466 e. The van der Waals surface area contributed by atoms with Gasteiger partial charge in [0.15, 0.2) is 0 Å². The number of carbonyl (C=O) groups excluding carboxylic acids is 1. The fraction of sp³-hybridized carbons (Fsp3) is 0.933. The van der Waals surface area contributed by atoms with E-state index in [0.717, 1.165) is 19.6 Å². The summed E-state index contributed by atoms with van der Waals surface area (Å²) in [6.45, 7) is 4.44. The van der Waals surface area contributed by atoms with Crippen molar-refractivity contribution in [1.29, 1.82) is 0 Å². The van der Waals surface area contributed by atoms with E-state index in [1.54, 1.807) is 0 Å². The van der Waals surface area contributed by atoms with Crippen molar-refractivity contribution in [3.05, 3.63) is 0 Å². The van der Waals surface area contributed by atoms with Crippen molar-refractivity contribution in [3.8, 4) is 0 Å². The van der Waals surface area contributed by atoms with Gasteiger partial charge in [-0.2, -0.15) is 0 Å². The maximum Gasteiger partial charge on any atom is 0.306 e. The first-order valence-electron chi connectivity index (χ1n) is 7.50. The maximum atomic E-state index is 11.7. The van der Waals surface area contributed by atoms with E-state index in [9.17, 15) is 4.79 Å². The van der Waals surface area contributed by atoms with E-state index in [4.69, 9.17) is 9.47 Å². The lowest BCUT2D eigenvalue weighted by atomic mass is 10.0. The first kappa shape index (κ1) is 13.9. The topological polar surface area (TPSA) is 35.5 Å². The van der Waals surface area contributed by atoms with Crippen LogP contribution in [0.2, 0.25) is 0 Å². The Morgan fingerprint density at radius 2 is 2.06 bits per heavy atom. The van der Waals surface area contributed by atoms with Gasteiger partial charge in [0, 0.05) is 5.41 Å². The van der Waals surface area contributed by atoms with Gasteiger partial charge in [-0.05, 0) is 18.8 Å². The summed E-state index contributed by atoms with van der Waals surface area (Å²) < 4.78 is 10.7. The lowest BCUT2D eigenvalue weighted by Gasteiger charge is -2.10. The van der Waals surface area contributed by atoms with Crippen molar-refractivity contribution < 1.29 is 14.3 Å². The van der Waals surface area contributed by atoms with Crippen molar-refractivity contribution in [3.63, 3.8) is 0 Å². The highest BCUT2D eigenvalue weighted by Crippen LogP contribution is 2.59. The van der Waals surface area contributed by atoms with Crippen molar-refractivity contribution in [1.82, 2.24) is 0 Å². The van der Waals surface area contributed by atoms with Crippen LogP contribution in [-0.4, -0.2) is 25.8 Å². The summed E-state index contributed by atoms with van der Waals surface area (Å²) in [6.07, 6.45) is 9.13. The molecule has 0 spiro atoms. The van der Waals surface area contributed by atoms with Crippen LogP contribution in [-0.2, 0) is 14.3 Å². The number of carbonyl (C=O) groups is 1. The lowest BCUT2D eigenvalue weighted by Crippen LogP contribution is -2.15. The van der Waals surface area contributed by atoms with Gasteiger partial charge in [0.05, 0.1) is 26.2 Å². The average Bonchev–Trinajstić information content (AvgIpc) is 2.88.